The molecule has 138 valence electrons. The molecule has 0 aliphatic heterocycles. The Bertz CT molecular complexity index is 195. The summed E-state index contributed by atoms with van der Waals surface area (Å²) in [5, 5.41) is -3.16. The fraction of sp³-hybridized carbons (Fsp3) is 1.00. The number of alkyl halides is 4. The molecule has 1 atom stereocenters. The van der Waals surface area contributed by atoms with Gasteiger partial charge in [-0.3, -0.25) is 4.39 Å². The Kier molecular flexibility index (Phi) is 43.4. The molecule has 0 heterocycles. The molecule has 0 spiro atoms. The molecule has 0 aromatic heterocycles. The Labute approximate surface area is 162 Å². The predicted molar refractivity (Wildman–Crippen MR) is 83.9 cm³/mol. The molecule has 0 saturated heterocycles. The smallest absolute Gasteiger partial charge is 0.870 e. The average molecular weight is 366 g/mol. The Morgan fingerprint density at radius 1 is 1.09 bits per heavy atom. The number of hydrogen-bond donors (Lipinski definition) is 0. The molecule has 1 unspecified atom stereocenters. The first-order valence-corrected chi connectivity index (χ1v) is 6.20. The zero-order valence-corrected chi connectivity index (χ0v) is 16.0. The molecular weight excluding hydrogens is 332 g/mol. The van der Waals surface area contributed by atoms with Gasteiger partial charge in [-0.2, -0.15) is 8.78 Å². The second-order valence-electron chi connectivity index (χ2n) is 4.73. The van der Waals surface area contributed by atoms with E-state index in [4.69, 9.17) is 16.3 Å². The SMILES string of the molecule is C.C.CCC(C)(C)COC(C)CC(F)(F)Cl.CCF.[Na+].[OH-].[OH-]. The van der Waals surface area contributed by atoms with Gasteiger partial charge in [0.25, 0.3) is 0 Å². The van der Waals surface area contributed by atoms with Crippen LogP contribution in [0.15, 0.2) is 0 Å². The minimum atomic E-state index is -3.16. The van der Waals surface area contributed by atoms with Gasteiger partial charge in [0.15, 0.2) is 0 Å². The number of hydrogen-bond acceptors (Lipinski definition) is 3. The van der Waals surface area contributed by atoms with Gasteiger partial charge in [0, 0.05) is 0 Å². The van der Waals surface area contributed by atoms with Crippen LogP contribution in [0.1, 0.15) is 62.3 Å². The van der Waals surface area contributed by atoms with Crippen molar-refractivity contribution in [3.05, 3.63) is 0 Å². The molecule has 22 heavy (non-hydrogen) atoms. The molecule has 3 nitrogen and oxygen atoms in total. The van der Waals surface area contributed by atoms with E-state index in [0.717, 1.165) is 6.42 Å². The van der Waals surface area contributed by atoms with Gasteiger partial charge in [0.2, 0.25) is 0 Å². The van der Waals surface area contributed by atoms with E-state index in [1.165, 1.54) is 6.92 Å². The molecule has 0 rings (SSSR count). The summed E-state index contributed by atoms with van der Waals surface area (Å²) < 4.78 is 40.3. The molecule has 0 fully saturated rings. The Balaban J connectivity index is -0.0000000519. The van der Waals surface area contributed by atoms with E-state index in [1.807, 2.05) is 20.8 Å². The van der Waals surface area contributed by atoms with E-state index in [0.29, 0.717) is 6.61 Å². The third-order valence-corrected chi connectivity index (χ3v) is 2.39. The molecular formula is C14H34ClF3NaO3-. The molecule has 0 aromatic rings. The third-order valence-electron chi connectivity index (χ3n) is 2.23. The minimum Gasteiger partial charge on any atom is -0.870 e. The maximum absolute atomic E-state index is 12.4. The van der Waals surface area contributed by atoms with Crippen molar-refractivity contribution in [2.75, 3.05) is 13.3 Å². The Hall–Kier alpha value is 0.960. The predicted octanol–water partition coefficient (Wildman–Crippen LogP) is 2.95. The molecule has 0 radical (unpaired) electrons. The van der Waals surface area contributed by atoms with Crippen LogP contribution < -0.4 is 29.6 Å². The summed E-state index contributed by atoms with van der Waals surface area (Å²) in [4.78, 5) is 0. The summed E-state index contributed by atoms with van der Waals surface area (Å²) in [5.41, 5.74) is 0.0376. The Morgan fingerprint density at radius 2 is 1.41 bits per heavy atom. The van der Waals surface area contributed by atoms with Gasteiger partial charge in [-0.25, -0.2) is 0 Å². The maximum atomic E-state index is 12.4. The van der Waals surface area contributed by atoms with Gasteiger partial charge >= 0.3 is 34.9 Å². The van der Waals surface area contributed by atoms with Crippen molar-refractivity contribution in [1.82, 2.24) is 0 Å². The zero-order valence-electron chi connectivity index (χ0n) is 13.2. The fourth-order valence-corrected chi connectivity index (χ4v) is 1.07. The van der Waals surface area contributed by atoms with Crippen LogP contribution in [-0.2, 0) is 4.74 Å². The number of rotatable bonds is 6. The first-order valence-electron chi connectivity index (χ1n) is 5.82. The van der Waals surface area contributed by atoms with E-state index in [1.54, 1.807) is 6.92 Å². The van der Waals surface area contributed by atoms with Gasteiger partial charge in [0.1, 0.15) is 0 Å². The van der Waals surface area contributed by atoms with Crippen LogP contribution in [0.3, 0.4) is 0 Å². The first kappa shape index (κ1) is 43.5. The third kappa shape index (κ3) is 37.3. The van der Waals surface area contributed by atoms with Crippen molar-refractivity contribution in [3.63, 3.8) is 0 Å². The zero-order chi connectivity index (χ0) is 14.1. The van der Waals surface area contributed by atoms with Crippen molar-refractivity contribution < 1.29 is 58.4 Å². The standard InChI is InChI=1S/C10H19ClF2O.C2H5F.2CH4.Na.2H2O/c1-5-9(3,4)7-14-8(2)6-10(11,12)13;1-2-3;;;;;/h8H,5-7H2,1-4H3;2H2,1H3;2*1H4;;2*1H2/q;;;;+1;;/p-2. The van der Waals surface area contributed by atoms with Crippen LogP contribution >= 0.6 is 11.6 Å². The van der Waals surface area contributed by atoms with Gasteiger partial charge in [0.05, 0.1) is 25.8 Å². The molecule has 0 bridgehead atoms. The molecule has 0 aliphatic carbocycles. The largest absolute Gasteiger partial charge is 1.00 e. The van der Waals surface area contributed by atoms with Crippen molar-refractivity contribution in [2.45, 2.75) is 73.8 Å². The summed E-state index contributed by atoms with van der Waals surface area (Å²) in [6, 6.07) is 0. The summed E-state index contributed by atoms with van der Waals surface area (Å²) in [5.74, 6) is 0. The second kappa shape index (κ2) is 22.0. The van der Waals surface area contributed by atoms with Crippen LogP contribution in [-0.4, -0.2) is 35.7 Å². The van der Waals surface area contributed by atoms with E-state index in [-0.39, 0.29) is 67.5 Å². The number of ether oxygens (including phenoxy) is 1. The van der Waals surface area contributed by atoms with Crippen LogP contribution in [0.5, 0.6) is 0 Å². The summed E-state index contributed by atoms with van der Waals surface area (Å²) in [7, 11) is 0. The molecule has 0 aromatic carbocycles. The average Bonchev–Trinajstić information content (AvgIpc) is 2.14. The maximum Gasteiger partial charge on any atom is 1.00 e. The van der Waals surface area contributed by atoms with Gasteiger partial charge in [-0.1, -0.05) is 35.6 Å². The summed E-state index contributed by atoms with van der Waals surface area (Å²) >= 11 is 4.80. The summed E-state index contributed by atoms with van der Waals surface area (Å²) in [6.07, 6.45) is 0.0130. The Morgan fingerprint density at radius 3 is 1.64 bits per heavy atom. The van der Waals surface area contributed by atoms with Crippen LogP contribution in [0.25, 0.3) is 0 Å². The fourth-order valence-electron chi connectivity index (χ4n) is 0.855. The van der Waals surface area contributed by atoms with Gasteiger partial charge < -0.3 is 15.7 Å². The molecule has 0 aliphatic rings. The van der Waals surface area contributed by atoms with Crippen molar-refractivity contribution in [3.8, 4) is 0 Å². The van der Waals surface area contributed by atoms with Crippen molar-refractivity contribution in [1.29, 1.82) is 0 Å². The topological polar surface area (TPSA) is 69.2 Å². The van der Waals surface area contributed by atoms with E-state index >= 15 is 0 Å². The van der Waals surface area contributed by atoms with Crippen molar-refractivity contribution >= 4 is 11.6 Å². The van der Waals surface area contributed by atoms with Crippen LogP contribution in [0, 0.1) is 5.41 Å². The molecule has 8 heteroatoms. The molecule has 2 N–H and O–H groups in total. The normalized spacial score (nSPS) is 10.8. The molecule has 0 saturated carbocycles. The number of halogens is 4. The quantitative estimate of drug-likeness (QED) is 0.536. The first-order chi connectivity index (χ1) is 7.58. The van der Waals surface area contributed by atoms with E-state index < -0.39 is 17.9 Å². The van der Waals surface area contributed by atoms with Crippen LogP contribution in [0.2, 0.25) is 0 Å². The van der Waals surface area contributed by atoms with E-state index in [2.05, 4.69) is 0 Å². The summed E-state index contributed by atoms with van der Waals surface area (Å²) in [6.45, 7) is 9.43. The van der Waals surface area contributed by atoms with Crippen LogP contribution in [0.4, 0.5) is 13.2 Å². The second-order valence-corrected chi connectivity index (χ2v) is 5.28. The monoisotopic (exact) mass is 365 g/mol. The van der Waals surface area contributed by atoms with E-state index in [9.17, 15) is 13.2 Å². The van der Waals surface area contributed by atoms with Gasteiger partial charge in [-0.15, -0.1) is 0 Å². The van der Waals surface area contributed by atoms with Gasteiger partial charge in [-0.05, 0) is 37.3 Å². The molecule has 0 amide bonds. The minimum absolute atomic E-state index is 0. The van der Waals surface area contributed by atoms with Crippen molar-refractivity contribution in [2.24, 2.45) is 5.41 Å².